The lowest BCUT2D eigenvalue weighted by molar-refractivity contribution is -0.125. The summed E-state index contributed by atoms with van der Waals surface area (Å²) in [6, 6.07) is 0.512. The molecule has 17 heavy (non-hydrogen) atoms. The topological polar surface area (TPSA) is 41.1 Å². The summed E-state index contributed by atoms with van der Waals surface area (Å²) in [5, 5.41) is 6.62. The molecule has 2 rings (SSSR count). The van der Waals surface area contributed by atoms with Crippen molar-refractivity contribution in [2.24, 2.45) is 5.92 Å². The Morgan fingerprint density at radius 2 is 1.71 bits per heavy atom. The van der Waals surface area contributed by atoms with Gasteiger partial charge < -0.3 is 10.6 Å². The van der Waals surface area contributed by atoms with Crippen LogP contribution in [0.4, 0.5) is 0 Å². The summed E-state index contributed by atoms with van der Waals surface area (Å²) in [6.07, 6.45) is 11.1. The van der Waals surface area contributed by atoms with Crippen LogP contribution in [-0.2, 0) is 4.79 Å². The maximum Gasteiger partial charge on any atom is 0.223 e. The van der Waals surface area contributed by atoms with E-state index >= 15 is 0 Å². The Labute approximate surface area is 105 Å². The molecular weight excluding hydrogens is 212 g/mol. The van der Waals surface area contributed by atoms with Crippen LogP contribution in [0.3, 0.4) is 0 Å². The lowest BCUT2D eigenvalue weighted by Crippen LogP contribution is -2.44. The van der Waals surface area contributed by atoms with E-state index < -0.39 is 0 Å². The van der Waals surface area contributed by atoms with Crippen LogP contribution in [0.25, 0.3) is 0 Å². The van der Waals surface area contributed by atoms with Crippen molar-refractivity contribution in [1.29, 1.82) is 0 Å². The summed E-state index contributed by atoms with van der Waals surface area (Å²) in [7, 11) is 0. The molecule has 0 aromatic rings. The van der Waals surface area contributed by atoms with Crippen molar-refractivity contribution in [3.63, 3.8) is 0 Å². The lowest BCUT2D eigenvalue weighted by atomic mass is 9.99. The molecule has 1 aliphatic heterocycles. The van der Waals surface area contributed by atoms with Crippen LogP contribution in [0.15, 0.2) is 0 Å². The molecule has 98 valence electrons. The van der Waals surface area contributed by atoms with Gasteiger partial charge in [-0.05, 0) is 32.2 Å². The zero-order valence-corrected chi connectivity index (χ0v) is 10.8. The van der Waals surface area contributed by atoms with Crippen LogP contribution in [0.1, 0.15) is 57.8 Å². The van der Waals surface area contributed by atoms with Gasteiger partial charge in [0.25, 0.3) is 0 Å². The lowest BCUT2D eigenvalue weighted by Gasteiger charge is -2.24. The third-order valence-electron chi connectivity index (χ3n) is 4.16. The average Bonchev–Trinajstić information content (AvgIpc) is 2.66. The van der Waals surface area contributed by atoms with Crippen LogP contribution in [0, 0.1) is 5.92 Å². The Bertz CT molecular complexity index is 228. The van der Waals surface area contributed by atoms with Gasteiger partial charge in [0.1, 0.15) is 0 Å². The quantitative estimate of drug-likeness (QED) is 0.740. The second kappa shape index (κ2) is 7.00. The standard InChI is InChI=1S/C14H26N2O/c17-14(12-7-3-1-2-4-8-12)16-11-13-9-5-6-10-15-13/h12-13,15H,1-11H2,(H,16,17). The second-order valence-electron chi connectivity index (χ2n) is 5.58. The van der Waals surface area contributed by atoms with Crippen molar-refractivity contribution < 1.29 is 4.79 Å². The van der Waals surface area contributed by atoms with E-state index in [2.05, 4.69) is 10.6 Å². The van der Waals surface area contributed by atoms with Crippen LogP contribution >= 0.6 is 0 Å². The van der Waals surface area contributed by atoms with E-state index in [4.69, 9.17) is 0 Å². The first-order chi connectivity index (χ1) is 8.36. The summed E-state index contributed by atoms with van der Waals surface area (Å²) >= 11 is 0. The molecule has 0 bridgehead atoms. The van der Waals surface area contributed by atoms with E-state index in [-0.39, 0.29) is 0 Å². The largest absolute Gasteiger partial charge is 0.354 e. The maximum atomic E-state index is 12.1. The van der Waals surface area contributed by atoms with Crippen LogP contribution in [-0.4, -0.2) is 25.0 Å². The van der Waals surface area contributed by atoms with Gasteiger partial charge in [-0.25, -0.2) is 0 Å². The minimum atomic E-state index is 0.293. The number of carbonyl (C=O) groups is 1. The zero-order valence-electron chi connectivity index (χ0n) is 10.8. The monoisotopic (exact) mass is 238 g/mol. The maximum absolute atomic E-state index is 12.1. The van der Waals surface area contributed by atoms with E-state index in [0.29, 0.717) is 17.9 Å². The molecule has 1 heterocycles. The number of rotatable bonds is 3. The first-order valence-electron chi connectivity index (χ1n) is 7.37. The van der Waals surface area contributed by atoms with Gasteiger partial charge in [0.05, 0.1) is 0 Å². The molecule has 2 aliphatic rings. The van der Waals surface area contributed by atoms with Gasteiger partial charge in [0.2, 0.25) is 5.91 Å². The number of nitrogens with one attached hydrogen (secondary N) is 2. The van der Waals surface area contributed by atoms with E-state index in [1.807, 2.05) is 0 Å². The number of carbonyl (C=O) groups excluding carboxylic acids is 1. The van der Waals surface area contributed by atoms with Crippen molar-refractivity contribution >= 4 is 5.91 Å². The predicted molar refractivity (Wildman–Crippen MR) is 69.8 cm³/mol. The molecule has 2 N–H and O–H groups in total. The van der Waals surface area contributed by atoms with Crippen molar-refractivity contribution in [1.82, 2.24) is 10.6 Å². The minimum Gasteiger partial charge on any atom is -0.354 e. The summed E-state index contributed by atoms with van der Waals surface area (Å²) in [6.45, 7) is 1.94. The predicted octanol–water partition coefficient (Wildman–Crippen LogP) is 2.22. The number of hydrogen-bond acceptors (Lipinski definition) is 2. The molecule has 1 amide bonds. The highest BCUT2D eigenvalue weighted by atomic mass is 16.1. The van der Waals surface area contributed by atoms with Gasteiger partial charge in [0, 0.05) is 18.5 Å². The van der Waals surface area contributed by atoms with Crippen molar-refractivity contribution in [2.75, 3.05) is 13.1 Å². The van der Waals surface area contributed by atoms with E-state index in [9.17, 15) is 4.79 Å². The minimum absolute atomic E-state index is 0.293. The molecule has 1 saturated heterocycles. The van der Waals surface area contributed by atoms with Gasteiger partial charge in [-0.15, -0.1) is 0 Å². The van der Waals surface area contributed by atoms with Gasteiger partial charge in [0.15, 0.2) is 0 Å². The molecule has 3 heteroatoms. The molecule has 1 unspecified atom stereocenters. The summed E-state index contributed by atoms with van der Waals surface area (Å²) < 4.78 is 0. The molecule has 1 saturated carbocycles. The van der Waals surface area contributed by atoms with E-state index in [0.717, 1.165) is 25.9 Å². The van der Waals surface area contributed by atoms with E-state index in [1.165, 1.54) is 44.9 Å². The van der Waals surface area contributed by atoms with Crippen LogP contribution < -0.4 is 10.6 Å². The van der Waals surface area contributed by atoms with E-state index in [1.54, 1.807) is 0 Å². The van der Waals surface area contributed by atoms with Crippen molar-refractivity contribution in [2.45, 2.75) is 63.8 Å². The fourth-order valence-electron chi connectivity index (χ4n) is 3.01. The summed E-state index contributed by atoms with van der Waals surface area (Å²) in [4.78, 5) is 12.1. The van der Waals surface area contributed by atoms with Crippen molar-refractivity contribution in [3.8, 4) is 0 Å². The highest BCUT2D eigenvalue weighted by molar-refractivity contribution is 5.78. The SMILES string of the molecule is O=C(NCC1CCCCN1)C1CCCCCC1. The van der Waals surface area contributed by atoms with Crippen molar-refractivity contribution in [3.05, 3.63) is 0 Å². The Hall–Kier alpha value is -0.570. The Morgan fingerprint density at radius 1 is 1.00 bits per heavy atom. The van der Waals surface area contributed by atoms with Crippen LogP contribution in [0.5, 0.6) is 0 Å². The number of amides is 1. The molecule has 0 aromatic heterocycles. The molecule has 0 radical (unpaired) electrons. The van der Waals surface area contributed by atoms with Gasteiger partial charge in [-0.3, -0.25) is 4.79 Å². The molecular formula is C14H26N2O. The summed E-state index contributed by atoms with van der Waals surface area (Å²) in [5.41, 5.74) is 0. The molecule has 0 spiro atoms. The normalized spacial score (nSPS) is 27.4. The molecule has 2 fully saturated rings. The summed E-state index contributed by atoms with van der Waals surface area (Å²) in [5.74, 6) is 0.598. The molecule has 3 nitrogen and oxygen atoms in total. The molecule has 1 atom stereocenters. The Morgan fingerprint density at radius 3 is 2.35 bits per heavy atom. The molecule has 1 aliphatic carbocycles. The fourth-order valence-corrected chi connectivity index (χ4v) is 3.01. The first kappa shape index (κ1) is 12.9. The van der Waals surface area contributed by atoms with Gasteiger partial charge in [-0.2, -0.15) is 0 Å². The highest BCUT2D eigenvalue weighted by Gasteiger charge is 2.21. The smallest absolute Gasteiger partial charge is 0.223 e. The van der Waals surface area contributed by atoms with Gasteiger partial charge >= 0.3 is 0 Å². The Kier molecular flexibility index (Phi) is 5.30. The number of hydrogen-bond donors (Lipinski definition) is 2. The Balaban J connectivity index is 1.68. The van der Waals surface area contributed by atoms with Crippen LogP contribution in [0.2, 0.25) is 0 Å². The number of piperidine rings is 1. The fraction of sp³-hybridized carbons (Fsp3) is 0.929. The third kappa shape index (κ3) is 4.30. The van der Waals surface area contributed by atoms with Gasteiger partial charge in [-0.1, -0.05) is 32.1 Å². The molecule has 0 aromatic carbocycles. The second-order valence-corrected chi connectivity index (χ2v) is 5.58. The first-order valence-corrected chi connectivity index (χ1v) is 7.37. The third-order valence-corrected chi connectivity index (χ3v) is 4.16. The average molecular weight is 238 g/mol. The highest BCUT2D eigenvalue weighted by Crippen LogP contribution is 2.22. The zero-order chi connectivity index (χ0) is 11.9.